The topological polar surface area (TPSA) is 125 Å². The lowest BCUT2D eigenvalue weighted by atomic mass is 10.1. The van der Waals surface area contributed by atoms with Gasteiger partial charge in [-0.05, 0) is 54.9 Å². The lowest BCUT2D eigenvalue weighted by Gasteiger charge is -2.13. The quantitative estimate of drug-likeness (QED) is 0.222. The first-order valence-corrected chi connectivity index (χ1v) is 11.0. The van der Waals surface area contributed by atoms with Crippen molar-refractivity contribution in [2.24, 2.45) is 0 Å². The van der Waals surface area contributed by atoms with Crippen molar-refractivity contribution in [3.63, 3.8) is 0 Å². The van der Waals surface area contributed by atoms with Crippen molar-refractivity contribution in [1.82, 2.24) is 4.90 Å². The van der Waals surface area contributed by atoms with E-state index in [1.54, 1.807) is 44.2 Å². The van der Waals surface area contributed by atoms with Crippen LogP contribution in [-0.2, 0) is 20.9 Å². The predicted molar refractivity (Wildman–Crippen MR) is 124 cm³/mol. The lowest BCUT2D eigenvalue weighted by Crippen LogP contribution is -2.35. The third-order valence-electron chi connectivity index (χ3n) is 4.53. The molecule has 178 valence electrons. The van der Waals surface area contributed by atoms with Crippen LogP contribution in [-0.4, -0.2) is 46.7 Å². The summed E-state index contributed by atoms with van der Waals surface area (Å²) in [6.07, 6.45) is 1.17. The van der Waals surface area contributed by atoms with Gasteiger partial charge >= 0.3 is 5.97 Å². The average molecular weight is 487 g/mol. The van der Waals surface area contributed by atoms with E-state index >= 15 is 0 Å². The number of nitrogens with zero attached hydrogens (tertiary/aromatic N) is 2. The monoisotopic (exact) mass is 486 g/mol. The molecule has 3 rings (SSSR count). The third-order valence-corrected chi connectivity index (χ3v) is 5.44. The Morgan fingerprint density at radius 2 is 1.94 bits per heavy atom. The van der Waals surface area contributed by atoms with Crippen molar-refractivity contribution >= 4 is 40.6 Å². The number of carbonyl (C=O) groups excluding carboxylic acids is 3. The van der Waals surface area contributed by atoms with Crippen molar-refractivity contribution < 1.29 is 33.5 Å². The highest BCUT2D eigenvalue weighted by Crippen LogP contribution is 2.34. The Kier molecular flexibility index (Phi) is 7.90. The molecule has 0 saturated carbocycles. The highest BCUT2D eigenvalue weighted by molar-refractivity contribution is 8.18. The van der Waals surface area contributed by atoms with E-state index in [0.29, 0.717) is 22.6 Å². The van der Waals surface area contributed by atoms with Gasteiger partial charge < -0.3 is 14.2 Å². The van der Waals surface area contributed by atoms with Crippen LogP contribution in [0.2, 0.25) is 0 Å². The van der Waals surface area contributed by atoms with Crippen molar-refractivity contribution in [2.75, 3.05) is 13.7 Å². The largest absolute Gasteiger partial charge is 0.493 e. The number of carbonyl (C=O) groups is 3. The van der Waals surface area contributed by atoms with Gasteiger partial charge in [0.1, 0.15) is 13.2 Å². The molecule has 34 heavy (non-hydrogen) atoms. The SMILES string of the molecule is COc1cc(/C=C2/SC(=O)N(CC(=O)OC(C)C)C2=O)ccc1OCc1cccc([N+](=O)[O-])c1. The molecule has 1 heterocycles. The van der Waals surface area contributed by atoms with E-state index in [2.05, 4.69) is 0 Å². The Balaban J connectivity index is 1.72. The molecule has 1 fully saturated rings. The normalized spacial score (nSPS) is 14.6. The summed E-state index contributed by atoms with van der Waals surface area (Å²) in [7, 11) is 1.45. The number of methoxy groups -OCH3 is 1. The Morgan fingerprint density at radius 1 is 1.18 bits per heavy atom. The van der Waals surface area contributed by atoms with Gasteiger partial charge in [-0.15, -0.1) is 0 Å². The van der Waals surface area contributed by atoms with E-state index in [0.717, 1.165) is 16.7 Å². The molecule has 1 aliphatic rings. The van der Waals surface area contributed by atoms with Crippen LogP contribution in [0.3, 0.4) is 0 Å². The molecule has 0 atom stereocenters. The molecule has 1 aliphatic heterocycles. The summed E-state index contributed by atoms with van der Waals surface area (Å²) in [5, 5.41) is 10.4. The summed E-state index contributed by atoms with van der Waals surface area (Å²) in [5.41, 5.74) is 1.16. The van der Waals surface area contributed by atoms with Crippen LogP contribution in [0.4, 0.5) is 10.5 Å². The van der Waals surface area contributed by atoms with Gasteiger partial charge in [0.2, 0.25) is 0 Å². The number of nitro benzene ring substituents is 1. The molecule has 0 radical (unpaired) electrons. The summed E-state index contributed by atoms with van der Waals surface area (Å²) < 4.78 is 16.1. The third kappa shape index (κ3) is 6.13. The number of thioether (sulfide) groups is 1. The second-order valence-electron chi connectivity index (χ2n) is 7.43. The molecule has 0 unspecified atom stereocenters. The van der Waals surface area contributed by atoms with E-state index < -0.39 is 28.6 Å². The molecule has 2 aromatic carbocycles. The maximum absolute atomic E-state index is 12.6. The zero-order chi connectivity index (χ0) is 24.8. The minimum atomic E-state index is -0.662. The van der Waals surface area contributed by atoms with Crippen molar-refractivity contribution in [3.8, 4) is 11.5 Å². The molecular formula is C23H22N2O8S. The first kappa shape index (κ1) is 24.8. The zero-order valence-corrected chi connectivity index (χ0v) is 19.5. The number of hydrogen-bond acceptors (Lipinski definition) is 9. The molecule has 2 aromatic rings. The molecule has 0 bridgehead atoms. The van der Waals surface area contributed by atoms with Gasteiger partial charge in [0.15, 0.2) is 11.5 Å². The Morgan fingerprint density at radius 3 is 2.62 bits per heavy atom. The Bertz CT molecular complexity index is 1160. The smallest absolute Gasteiger partial charge is 0.326 e. The number of rotatable bonds is 9. The number of amides is 2. The fourth-order valence-corrected chi connectivity index (χ4v) is 3.87. The van der Waals surface area contributed by atoms with E-state index in [1.807, 2.05) is 0 Å². The van der Waals surface area contributed by atoms with Gasteiger partial charge in [-0.1, -0.05) is 18.2 Å². The molecule has 0 spiro atoms. The summed E-state index contributed by atoms with van der Waals surface area (Å²) in [5.74, 6) is -0.472. The van der Waals surface area contributed by atoms with E-state index in [1.165, 1.54) is 25.3 Å². The van der Waals surface area contributed by atoms with Gasteiger partial charge in [-0.3, -0.25) is 29.4 Å². The predicted octanol–water partition coefficient (Wildman–Crippen LogP) is 4.17. The average Bonchev–Trinajstić information content (AvgIpc) is 3.05. The molecule has 1 saturated heterocycles. The minimum Gasteiger partial charge on any atom is -0.493 e. The van der Waals surface area contributed by atoms with Gasteiger partial charge in [0, 0.05) is 12.1 Å². The minimum absolute atomic E-state index is 0.0326. The molecule has 0 aromatic heterocycles. The van der Waals surface area contributed by atoms with E-state index in [4.69, 9.17) is 14.2 Å². The first-order chi connectivity index (χ1) is 16.2. The standard InChI is InChI=1S/C23H22N2O8S/c1-14(2)33-21(26)12-24-22(27)20(34-23(24)28)11-15-7-8-18(19(10-15)31-3)32-13-16-5-4-6-17(9-16)25(29)30/h4-11,14H,12-13H2,1-3H3/b20-11+. The molecule has 0 N–H and O–H groups in total. The van der Waals surface area contributed by atoms with Crippen LogP contribution in [0.15, 0.2) is 47.4 Å². The highest BCUT2D eigenvalue weighted by Gasteiger charge is 2.36. The number of hydrogen-bond donors (Lipinski definition) is 0. The fraction of sp³-hybridized carbons (Fsp3) is 0.261. The lowest BCUT2D eigenvalue weighted by molar-refractivity contribution is -0.384. The van der Waals surface area contributed by atoms with Crippen LogP contribution in [0.5, 0.6) is 11.5 Å². The number of benzene rings is 2. The van der Waals surface area contributed by atoms with Gasteiger partial charge in [-0.2, -0.15) is 0 Å². The summed E-state index contributed by atoms with van der Waals surface area (Å²) in [6, 6.07) is 11.0. The second kappa shape index (κ2) is 10.8. The molecular weight excluding hydrogens is 464 g/mol. The number of imide groups is 1. The van der Waals surface area contributed by atoms with Gasteiger partial charge in [0.25, 0.3) is 16.8 Å². The maximum atomic E-state index is 12.6. The van der Waals surface area contributed by atoms with E-state index in [-0.39, 0.29) is 23.3 Å². The number of nitro groups is 1. The van der Waals surface area contributed by atoms with Crippen LogP contribution in [0, 0.1) is 10.1 Å². The highest BCUT2D eigenvalue weighted by atomic mass is 32.2. The number of esters is 1. The number of ether oxygens (including phenoxy) is 3. The van der Waals surface area contributed by atoms with Crippen LogP contribution in [0.1, 0.15) is 25.0 Å². The fourth-order valence-electron chi connectivity index (χ4n) is 3.03. The number of non-ortho nitro benzene ring substituents is 1. The maximum Gasteiger partial charge on any atom is 0.326 e. The van der Waals surface area contributed by atoms with Crippen LogP contribution < -0.4 is 9.47 Å². The molecule has 2 amide bonds. The molecule has 0 aliphatic carbocycles. The first-order valence-electron chi connectivity index (χ1n) is 10.2. The summed E-state index contributed by atoms with van der Waals surface area (Å²) in [4.78, 5) is 48.1. The molecule has 10 nitrogen and oxygen atoms in total. The summed E-state index contributed by atoms with van der Waals surface area (Å²) >= 11 is 0.730. The molecule has 11 heteroatoms. The van der Waals surface area contributed by atoms with E-state index in [9.17, 15) is 24.5 Å². The van der Waals surface area contributed by atoms with Gasteiger partial charge in [0.05, 0.1) is 23.0 Å². The van der Waals surface area contributed by atoms with Crippen molar-refractivity contribution in [3.05, 3.63) is 68.6 Å². The summed E-state index contributed by atoms with van der Waals surface area (Å²) in [6.45, 7) is 2.99. The Hall–Kier alpha value is -3.86. The van der Waals surface area contributed by atoms with Crippen molar-refractivity contribution in [1.29, 1.82) is 0 Å². The van der Waals surface area contributed by atoms with Crippen molar-refractivity contribution in [2.45, 2.75) is 26.6 Å². The van der Waals surface area contributed by atoms with Crippen LogP contribution >= 0.6 is 11.8 Å². The Labute approximate surface area is 199 Å². The zero-order valence-electron chi connectivity index (χ0n) is 18.7. The van der Waals surface area contributed by atoms with Gasteiger partial charge in [-0.25, -0.2) is 0 Å². The van der Waals surface area contributed by atoms with Crippen LogP contribution in [0.25, 0.3) is 6.08 Å². The second-order valence-corrected chi connectivity index (χ2v) is 8.43.